The molecule has 0 aliphatic rings. The average Bonchev–Trinajstić information content (AvgIpc) is 2.53. The van der Waals surface area contributed by atoms with Gasteiger partial charge >= 0.3 is 11.8 Å². The highest BCUT2D eigenvalue weighted by Crippen LogP contribution is 2.34. The van der Waals surface area contributed by atoms with Crippen LogP contribution in [0.1, 0.15) is 11.1 Å². The van der Waals surface area contributed by atoms with Crippen molar-refractivity contribution in [1.29, 1.82) is 0 Å². The normalized spacial score (nSPS) is 10.7. The molecule has 2 rings (SSSR count). The molecule has 0 spiro atoms. The smallest absolute Gasteiger partial charge is 0.328 e. The van der Waals surface area contributed by atoms with E-state index >= 15 is 0 Å². The molecule has 1 amide bonds. The zero-order valence-corrected chi connectivity index (χ0v) is 11.1. The summed E-state index contributed by atoms with van der Waals surface area (Å²) in [5, 5.41) is 22.3. The predicted octanol–water partition coefficient (Wildman–Crippen LogP) is 2.58. The van der Waals surface area contributed by atoms with Gasteiger partial charge in [0, 0.05) is 0 Å². The number of nitro groups is 2. The van der Waals surface area contributed by atoms with Crippen LogP contribution >= 0.6 is 0 Å². The van der Waals surface area contributed by atoms with Crippen molar-refractivity contribution in [3.63, 3.8) is 0 Å². The molecule has 8 nitrogen and oxygen atoms in total. The molecule has 0 bridgehead atoms. The molecule has 0 radical (unpaired) electrons. The molecule has 0 unspecified atom stereocenters. The number of ether oxygens (including phenoxy) is 1. The SMILES string of the molecule is O=C(OC(c1ccccc1)(c1ccccc1)[N+](=O)[O-])[N+](=O)[O-]. The molecule has 22 heavy (non-hydrogen) atoms. The first-order chi connectivity index (χ1) is 10.5. The van der Waals surface area contributed by atoms with Crippen LogP contribution in [0.5, 0.6) is 0 Å². The summed E-state index contributed by atoms with van der Waals surface area (Å²) in [7, 11) is 0. The third kappa shape index (κ3) is 2.62. The molecule has 0 aliphatic heterocycles. The fraction of sp³-hybridized carbons (Fsp3) is 0.0714. The van der Waals surface area contributed by atoms with Crippen molar-refractivity contribution in [3.8, 4) is 0 Å². The van der Waals surface area contributed by atoms with Crippen LogP contribution in [0, 0.1) is 20.2 Å². The molecule has 0 atom stereocenters. The van der Waals surface area contributed by atoms with E-state index < -0.39 is 21.7 Å². The standard InChI is InChI=1S/C14H10N2O6/c17-13(15(18)19)22-14(16(20)21,11-7-3-1-4-8-11)12-9-5-2-6-10-12/h1-10H. The van der Waals surface area contributed by atoms with E-state index in [0.717, 1.165) is 0 Å². The van der Waals surface area contributed by atoms with E-state index in [-0.39, 0.29) is 11.1 Å². The van der Waals surface area contributed by atoms with Gasteiger partial charge in [-0.2, -0.15) is 4.79 Å². The third-order valence-electron chi connectivity index (χ3n) is 2.97. The van der Waals surface area contributed by atoms with Gasteiger partial charge in [0.2, 0.25) is 0 Å². The topological polar surface area (TPSA) is 113 Å². The number of hydrogen-bond donors (Lipinski definition) is 0. The molecule has 8 heteroatoms. The van der Waals surface area contributed by atoms with E-state index in [1.54, 1.807) is 12.1 Å². The van der Waals surface area contributed by atoms with Crippen LogP contribution in [0.2, 0.25) is 0 Å². The van der Waals surface area contributed by atoms with Crippen LogP contribution in [0.4, 0.5) is 4.79 Å². The summed E-state index contributed by atoms with van der Waals surface area (Å²) in [6, 6.07) is 14.7. The monoisotopic (exact) mass is 302 g/mol. The van der Waals surface area contributed by atoms with Crippen LogP contribution in [0.3, 0.4) is 0 Å². The minimum Gasteiger partial charge on any atom is -0.328 e. The first kappa shape index (κ1) is 15.1. The van der Waals surface area contributed by atoms with E-state index in [1.165, 1.54) is 48.5 Å². The summed E-state index contributed by atoms with van der Waals surface area (Å²) in [4.78, 5) is 31.4. The second kappa shape index (κ2) is 6.00. The largest absolute Gasteiger partial charge is 0.662 e. The van der Waals surface area contributed by atoms with E-state index in [4.69, 9.17) is 4.74 Å². The Balaban J connectivity index is 2.68. The van der Waals surface area contributed by atoms with Gasteiger partial charge in [0.1, 0.15) is 4.92 Å². The Hall–Kier alpha value is -3.29. The van der Waals surface area contributed by atoms with Crippen LogP contribution < -0.4 is 0 Å². The van der Waals surface area contributed by atoms with Crippen molar-refractivity contribution in [2.75, 3.05) is 0 Å². The number of amides is 1. The van der Waals surface area contributed by atoms with Gasteiger partial charge in [-0.05, 0) is 24.3 Å². The summed E-state index contributed by atoms with van der Waals surface area (Å²) < 4.78 is 4.70. The Kier molecular flexibility index (Phi) is 4.12. The van der Waals surface area contributed by atoms with Crippen molar-refractivity contribution in [2.24, 2.45) is 0 Å². The Bertz CT molecular complexity index is 662. The van der Waals surface area contributed by atoms with Gasteiger partial charge in [-0.3, -0.25) is 20.2 Å². The number of benzene rings is 2. The van der Waals surface area contributed by atoms with E-state index in [1.807, 2.05) is 0 Å². The van der Waals surface area contributed by atoms with Gasteiger partial charge in [0.25, 0.3) is 0 Å². The summed E-state index contributed by atoms with van der Waals surface area (Å²) in [6.45, 7) is 0. The molecule has 0 aromatic heterocycles. The molecule has 0 heterocycles. The van der Waals surface area contributed by atoms with Crippen molar-refractivity contribution in [1.82, 2.24) is 0 Å². The van der Waals surface area contributed by atoms with Gasteiger partial charge in [-0.1, -0.05) is 36.4 Å². The van der Waals surface area contributed by atoms with Crippen molar-refractivity contribution >= 4 is 6.09 Å². The second-order valence-electron chi connectivity index (χ2n) is 4.26. The zero-order chi connectivity index (χ0) is 16.2. The zero-order valence-electron chi connectivity index (χ0n) is 11.1. The Morgan fingerprint density at radius 3 is 1.59 bits per heavy atom. The highest BCUT2D eigenvalue weighted by Gasteiger charge is 2.54. The maximum Gasteiger partial charge on any atom is 0.662 e. The van der Waals surface area contributed by atoms with Crippen molar-refractivity contribution in [2.45, 2.75) is 5.72 Å². The lowest BCUT2D eigenvalue weighted by atomic mass is 9.95. The molecule has 0 N–H and O–H groups in total. The van der Waals surface area contributed by atoms with Crippen LogP contribution in [-0.2, 0) is 10.5 Å². The number of rotatable bonds is 4. The molecule has 0 saturated carbocycles. The van der Waals surface area contributed by atoms with E-state index in [0.29, 0.717) is 0 Å². The minimum atomic E-state index is -2.48. The molecule has 112 valence electrons. The maximum atomic E-state index is 11.7. The first-order valence-corrected chi connectivity index (χ1v) is 6.11. The Morgan fingerprint density at radius 1 is 0.864 bits per heavy atom. The van der Waals surface area contributed by atoms with Gasteiger partial charge in [-0.25, -0.2) is 0 Å². The molecule has 0 saturated heterocycles. The average molecular weight is 302 g/mol. The maximum absolute atomic E-state index is 11.7. The third-order valence-corrected chi connectivity index (χ3v) is 2.97. The lowest BCUT2D eigenvalue weighted by Crippen LogP contribution is -2.42. The van der Waals surface area contributed by atoms with Crippen LogP contribution in [0.25, 0.3) is 0 Å². The Labute approximate surface area is 124 Å². The highest BCUT2D eigenvalue weighted by molar-refractivity contribution is 5.59. The Morgan fingerprint density at radius 2 is 1.27 bits per heavy atom. The first-order valence-electron chi connectivity index (χ1n) is 6.11. The van der Waals surface area contributed by atoms with Crippen molar-refractivity contribution < 1.29 is 19.4 Å². The van der Waals surface area contributed by atoms with Crippen LogP contribution in [0.15, 0.2) is 60.7 Å². The molecule has 2 aromatic carbocycles. The quantitative estimate of drug-likeness (QED) is 0.487. The lowest BCUT2D eigenvalue weighted by Gasteiger charge is -2.23. The van der Waals surface area contributed by atoms with Gasteiger partial charge in [0.05, 0.1) is 16.1 Å². The second-order valence-corrected chi connectivity index (χ2v) is 4.26. The minimum absolute atomic E-state index is 0.00130. The van der Waals surface area contributed by atoms with Crippen molar-refractivity contribution in [3.05, 3.63) is 92.0 Å². The molecular formula is C14H10N2O6. The van der Waals surface area contributed by atoms with Gasteiger partial charge < -0.3 is 4.74 Å². The summed E-state index contributed by atoms with van der Waals surface area (Å²) in [5.74, 6) is 0. The van der Waals surface area contributed by atoms with E-state index in [2.05, 4.69) is 0 Å². The summed E-state index contributed by atoms with van der Waals surface area (Å²) >= 11 is 0. The number of hydrogen-bond acceptors (Lipinski definition) is 6. The lowest BCUT2D eigenvalue weighted by molar-refractivity contribution is -0.625. The highest BCUT2D eigenvalue weighted by atomic mass is 16.7. The summed E-state index contributed by atoms with van der Waals surface area (Å²) in [5.41, 5.74) is -2.48. The van der Waals surface area contributed by atoms with Crippen LogP contribution in [-0.4, -0.2) is 15.9 Å². The number of carbonyl (C=O) groups excluding carboxylic acids is 1. The number of nitrogens with zero attached hydrogens (tertiary/aromatic N) is 2. The summed E-state index contributed by atoms with van der Waals surface area (Å²) in [6.07, 6.45) is -1.90. The molecular weight excluding hydrogens is 292 g/mol. The van der Waals surface area contributed by atoms with E-state index in [9.17, 15) is 25.0 Å². The molecule has 0 aliphatic carbocycles. The van der Waals surface area contributed by atoms with Gasteiger partial charge in [-0.15, -0.1) is 0 Å². The van der Waals surface area contributed by atoms with Gasteiger partial charge in [0.15, 0.2) is 0 Å². The fourth-order valence-electron chi connectivity index (χ4n) is 2.02. The number of carbonyl (C=O) groups is 1. The predicted molar refractivity (Wildman–Crippen MR) is 74.1 cm³/mol. The molecule has 0 fully saturated rings. The molecule has 2 aromatic rings. The fourth-order valence-corrected chi connectivity index (χ4v) is 2.02.